The van der Waals surface area contributed by atoms with Gasteiger partial charge in [0.05, 0.1) is 6.61 Å². The Kier molecular flexibility index (Phi) is 6.98. The topological polar surface area (TPSA) is 55.8 Å². The van der Waals surface area contributed by atoms with Gasteiger partial charge in [-0.2, -0.15) is 0 Å². The van der Waals surface area contributed by atoms with Gasteiger partial charge in [0.25, 0.3) is 0 Å². The minimum absolute atomic E-state index is 0.00611. The Hall–Kier alpha value is -1.65. The van der Waals surface area contributed by atoms with Gasteiger partial charge in [0.1, 0.15) is 12.4 Å². The summed E-state index contributed by atoms with van der Waals surface area (Å²) in [4.78, 5) is 11.6. The van der Waals surface area contributed by atoms with Crippen LogP contribution in [-0.4, -0.2) is 30.4 Å². The number of carbonyl (C=O) groups is 1. The van der Waals surface area contributed by atoms with E-state index in [1.54, 1.807) is 37.3 Å². The minimum Gasteiger partial charge on any atom is -0.508 e. The summed E-state index contributed by atoms with van der Waals surface area (Å²) < 4.78 is 10.7. The van der Waals surface area contributed by atoms with E-state index in [9.17, 15) is 4.79 Å². The van der Waals surface area contributed by atoms with Crippen LogP contribution in [0.15, 0.2) is 30.3 Å². The van der Waals surface area contributed by atoms with Crippen LogP contribution >= 0.6 is 0 Å². The summed E-state index contributed by atoms with van der Waals surface area (Å²) in [5.41, 5.74) is 0.847. The lowest BCUT2D eigenvalue weighted by Crippen LogP contribution is -2.19. The van der Waals surface area contributed by atoms with Crippen molar-refractivity contribution in [1.82, 2.24) is 0 Å². The van der Waals surface area contributed by atoms with Gasteiger partial charge in [-0.3, -0.25) is 4.79 Å². The van der Waals surface area contributed by atoms with Crippen LogP contribution < -0.4 is 0 Å². The fourth-order valence-electron chi connectivity index (χ4n) is 1.40. The predicted octanol–water partition coefficient (Wildman–Crippen LogP) is 3.01. The van der Waals surface area contributed by atoms with E-state index < -0.39 is 0 Å². The zero-order valence-corrected chi connectivity index (χ0v) is 12.2. The lowest BCUT2D eigenvalue weighted by Gasteiger charge is -2.14. The molecular formula is C16H22O4. The number of rotatable bonds is 8. The minimum atomic E-state index is -0.386. The normalized spacial score (nSPS) is 13.0. The molecule has 0 radical (unpaired) electrons. The maximum atomic E-state index is 11.6. The standard InChI is InChI=1S/C16H22O4/c1-12(2)10-19-13(3)20-11-16(18)9-6-14-4-7-15(17)8-5-14/h4-9,12-13,17H,10-11H2,1-3H3/b9-6+. The van der Waals surface area contributed by atoms with Gasteiger partial charge in [-0.1, -0.05) is 32.1 Å². The number of aromatic hydroxyl groups is 1. The Balaban J connectivity index is 2.31. The second kappa shape index (κ2) is 8.51. The van der Waals surface area contributed by atoms with Crippen molar-refractivity contribution in [2.24, 2.45) is 5.92 Å². The van der Waals surface area contributed by atoms with E-state index in [2.05, 4.69) is 13.8 Å². The van der Waals surface area contributed by atoms with Crippen molar-refractivity contribution in [3.8, 4) is 5.75 Å². The van der Waals surface area contributed by atoms with E-state index in [1.165, 1.54) is 6.08 Å². The molecule has 0 heterocycles. The van der Waals surface area contributed by atoms with Crippen molar-refractivity contribution < 1.29 is 19.4 Å². The van der Waals surface area contributed by atoms with Gasteiger partial charge < -0.3 is 14.6 Å². The molecule has 1 atom stereocenters. The molecule has 0 aliphatic heterocycles. The second-order valence-electron chi connectivity index (χ2n) is 5.00. The van der Waals surface area contributed by atoms with Gasteiger partial charge in [0.2, 0.25) is 0 Å². The molecule has 0 amide bonds. The van der Waals surface area contributed by atoms with Crippen LogP contribution in [0.4, 0.5) is 0 Å². The van der Waals surface area contributed by atoms with Gasteiger partial charge in [0, 0.05) is 0 Å². The second-order valence-corrected chi connectivity index (χ2v) is 5.00. The number of hydrogen-bond donors (Lipinski definition) is 1. The summed E-state index contributed by atoms with van der Waals surface area (Å²) in [7, 11) is 0. The Morgan fingerprint density at radius 2 is 1.85 bits per heavy atom. The highest BCUT2D eigenvalue weighted by atomic mass is 16.7. The molecule has 0 saturated heterocycles. The molecule has 1 rings (SSSR count). The van der Waals surface area contributed by atoms with E-state index >= 15 is 0 Å². The highest BCUT2D eigenvalue weighted by Crippen LogP contribution is 2.10. The van der Waals surface area contributed by atoms with Crippen molar-refractivity contribution >= 4 is 11.9 Å². The molecule has 0 spiro atoms. The number of benzene rings is 1. The lowest BCUT2D eigenvalue weighted by molar-refractivity contribution is -0.149. The van der Waals surface area contributed by atoms with Crippen molar-refractivity contribution in [3.05, 3.63) is 35.9 Å². The van der Waals surface area contributed by atoms with Crippen LogP contribution in [-0.2, 0) is 14.3 Å². The van der Waals surface area contributed by atoms with Crippen molar-refractivity contribution in [1.29, 1.82) is 0 Å². The molecular weight excluding hydrogens is 256 g/mol. The van der Waals surface area contributed by atoms with E-state index in [-0.39, 0.29) is 24.4 Å². The van der Waals surface area contributed by atoms with Crippen LogP contribution in [0.25, 0.3) is 6.08 Å². The monoisotopic (exact) mass is 278 g/mol. The van der Waals surface area contributed by atoms with Crippen molar-refractivity contribution in [3.63, 3.8) is 0 Å². The van der Waals surface area contributed by atoms with Crippen LogP contribution in [0.5, 0.6) is 5.75 Å². The average molecular weight is 278 g/mol. The molecule has 1 aromatic rings. The first-order valence-electron chi connectivity index (χ1n) is 6.70. The fourth-order valence-corrected chi connectivity index (χ4v) is 1.40. The summed E-state index contributed by atoms with van der Waals surface area (Å²) >= 11 is 0. The number of phenolic OH excluding ortho intramolecular Hbond substituents is 1. The Morgan fingerprint density at radius 1 is 1.20 bits per heavy atom. The van der Waals surface area contributed by atoms with Gasteiger partial charge in [-0.05, 0) is 36.6 Å². The van der Waals surface area contributed by atoms with Crippen LogP contribution in [0.1, 0.15) is 26.3 Å². The molecule has 0 aliphatic rings. The van der Waals surface area contributed by atoms with Crippen molar-refractivity contribution in [2.75, 3.05) is 13.2 Å². The van der Waals surface area contributed by atoms with Crippen LogP contribution in [0.2, 0.25) is 0 Å². The zero-order chi connectivity index (χ0) is 15.0. The molecule has 1 aromatic carbocycles. The highest BCUT2D eigenvalue weighted by Gasteiger charge is 2.05. The third-order valence-electron chi connectivity index (χ3n) is 2.48. The number of ether oxygens (including phenoxy) is 2. The average Bonchev–Trinajstić information content (AvgIpc) is 2.42. The first-order valence-corrected chi connectivity index (χ1v) is 6.70. The number of phenols is 1. The van der Waals surface area contributed by atoms with Gasteiger partial charge >= 0.3 is 0 Å². The maximum Gasteiger partial charge on any atom is 0.181 e. The predicted molar refractivity (Wildman–Crippen MR) is 78.4 cm³/mol. The summed E-state index contributed by atoms with van der Waals surface area (Å²) in [6, 6.07) is 6.60. The molecule has 1 N–H and O–H groups in total. The molecule has 4 nitrogen and oxygen atoms in total. The molecule has 1 unspecified atom stereocenters. The number of carbonyl (C=O) groups excluding carboxylic acids is 1. The molecule has 0 saturated carbocycles. The molecule has 0 aromatic heterocycles. The number of hydrogen-bond acceptors (Lipinski definition) is 4. The molecule has 0 fully saturated rings. The van der Waals surface area contributed by atoms with Crippen LogP contribution in [0, 0.1) is 5.92 Å². The number of ketones is 1. The third kappa shape index (κ3) is 7.07. The van der Waals surface area contributed by atoms with E-state index in [0.717, 1.165) is 5.56 Å². The summed E-state index contributed by atoms with van der Waals surface area (Å²) in [5, 5.41) is 9.14. The molecule has 20 heavy (non-hydrogen) atoms. The third-order valence-corrected chi connectivity index (χ3v) is 2.48. The summed E-state index contributed by atoms with van der Waals surface area (Å²) in [5.74, 6) is 0.511. The first kappa shape index (κ1) is 16.4. The quantitative estimate of drug-likeness (QED) is 0.586. The van der Waals surface area contributed by atoms with Crippen molar-refractivity contribution in [2.45, 2.75) is 27.1 Å². The molecule has 0 aliphatic carbocycles. The maximum absolute atomic E-state index is 11.6. The lowest BCUT2D eigenvalue weighted by atomic mass is 10.2. The van der Waals surface area contributed by atoms with Gasteiger partial charge in [0.15, 0.2) is 12.1 Å². The Morgan fingerprint density at radius 3 is 2.45 bits per heavy atom. The van der Waals surface area contributed by atoms with Gasteiger partial charge in [-0.15, -0.1) is 0 Å². The van der Waals surface area contributed by atoms with E-state index in [4.69, 9.17) is 14.6 Å². The summed E-state index contributed by atoms with van der Waals surface area (Å²) in [6.07, 6.45) is 2.76. The van der Waals surface area contributed by atoms with E-state index in [1.807, 2.05) is 0 Å². The highest BCUT2D eigenvalue weighted by molar-refractivity contribution is 5.94. The van der Waals surface area contributed by atoms with Gasteiger partial charge in [-0.25, -0.2) is 0 Å². The summed E-state index contributed by atoms with van der Waals surface area (Å²) in [6.45, 7) is 6.49. The SMILES string of the molecule is CC(C)COC(C)OCC(=O)/C=C/c1ccc(O)cc1. The zero-order valence-electron chi connectivity index (χ0n) is 12.2. The Bertz CT molecular complexity index is 434. The molecule has 4 heteroatoms. The van der Waals surface area contributed by atoms with Crippen LogP contribution in [0.3, 0.4) is 0 Å². The largest absolute Gasteiger partial charge is 0.508 e. The molecule has 110 valence electrons. The first-order chi connectivity index (χ1) is 9.47. The van der Waals surface area contributed by atoms with E-state index in [0.29, 0.717) is 12.5 Å². The Labute approximate surface area is 120 Å². The molecule has 0 bridgehead atoms. The fraction of sp³-hybridized carbons (Fsp3) is 0.438. The smallest absolute Gasteiger partial charge is 0.181 e.